The van der Waals surface area contributed by atoms with Gasteiger partial charge in [-0.15, -0.1) is 0 Å². The second kappa shape index (κ2) is 8.24. The molecule has 2 aromatic carbocycles. The van der Waals surface area contributed by atoms with Gasteiger partial charge in [0.05, 0.1) is 24.2 Å². The summed E-state index contributed by atoms with van der Waals surface area (Å²) in [7, 11) is 0. The Morgan fingerprint density at radius 1 is 1.14 bits per heavy atom. The Bertz CT molecular complexity index is 1000. The summed E-state index contributed by atoms with van der Waals surface area (Å²) in [6.07, 6.45) is 1.83. The quantitative estimate of drug-likeness (QED) is 0.614. The molecule has 1 aliphatic rings. The number of fused-ring (bicyclic) bond motifs is 1. The molecular weight excluding hydrogens is 446 g/mol. The third kappa shape index (κ3) is 4.31. The number of hydrogen-bond acceptors (Lipinski definition) is 4. The molecule has 2 heterocycles. The molecule has 0 saturated heterocycles. The van der Waals surface area contributed by atoms with Gasteiger partial charge in [-0.05, 0) is 35.4 Å². The Morgan fingerprint density at radius 3 is 2.75 bits per heavy atom. The zero-order valence-corrected chi connectivity index (χ0v) is 17.2. The van der Waals surface area contributed by atoms with E-state index in [0.717, 1.165) is 15.6 Å². The molecule has 0 unspecified atom stereocenters. The molecule has 1 N–H and O–H groups in total. The van der Waals surface area contributed by atoms with Gasteiger partial charge in [-0.1, -0.05) is 39.7 Å². The van der Waals surface area contributed by atoms with Crippen LogP contribution in [0.15, 0.2) is 53.1 Å². The van der Waals surface area contributed by atoms with Gasteiger partial charge in [0.2, 0.25) is 5.91 Å². The molecule has 1 aromatic heterocycles. The van der Waals surface area contributed by atoms with Crippen LogP contribution >= 0.6 is 27.5 Å². The van der Waals surface area contributed by atoms with Crippen molar-refractivity contribution >= 4 is 39.3 Å². The summed E-state index contributed by atoms with van der Waals surface area (Å²) < 4.78 is 13.8. The van der Waals surface area contributed by atoms with Crippen LogP contribution in [-0.4, -0.2) is 28.9 Å². The van der Waals surface area contributed by atoms with Gasteiger partial charge in [0.15, 0.2) is 11.5 Å². The summed E-state index contributed by atoms with van der Waals surface area (Å²) in [6.45, 7) is 1.49. The highest BCUT2D eigenvalue weighted by atomic mass is 79.9. The van der Waals surface area contributed by atoms with Crippen molar-refractivity contribution in [2.45, 2.75) is 13.0 Å². The van der Waals surface area contributed by atoms with Crippen LogP contribution in [0, 0.1) is 0 Å². The van der Waals surface area contributed by atoms with Crippen LogP contribution in [0.5, 0.6) is 11.5 Å². The first kappa shape index (κ1) is 18.8. The van der Waals surface area contributed by atoms with E-state index in [9.17, 15) is 4.79 Å². The average molecular weight is 463 g/mol. The fourth-order valence-electron chi connectivity index (χ4n) is 2.97. The summed E-state index contributed by atoms with van der Waals surface area (Å²) in [5, 5.41) is 7.65. The predicted octanol–water partition coefficient (Wildman–Crippen LogP) is 4.30. The lowest BCUT2D eigenvalue weighted by atomic mass is 10.1. The number of amides is 1. The lowest BCUT2D eigenvalue weighted by Crippen LogP contribution is -2.19. The number of aromatic nitrogens is 2. The molecule has 1 aliphatic heterocycles. The summed E-state index contributed by atoms with van der Waals surface area (Å²) >= 11 is 9.67. The molecule has 6 nitrogen and oxygen atoms in total. The standard InChI is InChI=1S/C20H17BrClN3O3/c21-15-3-1-13(2-4-15)12-25-18(5-6-23-25)24-19(26)11-14-9-16(22)20-17(10-14)27-7-8-28-20/h1-6,9-10H,7-8,11-12H2,(H,24,26). The topological polar surface area (TPSA) is 65.4 Å². The smallest absolute Gasteiger partial charge is 0.229 e. The molecule has 28 heavy (non-hydrogen) atoms. The van der Waals surface area contributed by atoms with Crippen molar-refractivity contribution in [3.05, 3.63) is 69.3 Å². The number of halogens is 2. The first-order valence-corrected chi connectivity index (χ1v) is 9.90. The van der Waals surface area contributed by atoms with Crippen molar-refractivity contribution in [2.75, 3.05) is 18.5 Å². The minimum atomic E-state index is -0.162. The number of benzene rings is 2. The Morgan fingerprint density at radius 2 is 1.93 bits per heavy atom. The molecule has 0 bridgehead atoms. The number of rotatable bonds is 5. The molecule has 0 spiro atoms. The second-order valence-electron chi connectivity index (χ2n) is 6.33. The maximum atomic E-state index is 12.5. The lowest BCUT2D eigenvalue weighted by molar-refractivity contribution is -0.115. The SMILES string of the molecule is O=C(Cc1cc(Cl)c2c(c1)OCCO2)Nc1ccnn1Cc1ccc(Br)cc1. The molecule has 1 amide bonds. The third-order valence-electron chi connectivity index (χ3n) is 4.25. The van der Waals surface area contributed by atoms with E-state index in [1.165, 1.54) is 0 Å². The fourth-order valence-corrected chi connectivity index (χ4v) is 3.52. The van der Waals surface area contributed by atoms with Gasteiger partial charge in [0.1, 0.15) is 19.0 Å². The monoisotopic (exact) mass is 461 g/mol. The second-order valence-corrected chi connectivity index (χ2v) is 7.65. The van der Waals surface area contributed by atoms with Gasteiger partial charge in [-0.3, -0.25) is 4.79 Å². The Kier molecular flexibility index (Phi) is 5.54. The van der Waals surface area contributed by atoms with Crippen molar-refractivity contribution in [3.63, 3.8) is 0 Å². The minimum Gasteiger partial charge on any atom is -0.486 e. The van der Waals surface area contributed by atoms with E-state index in [1.807, 2.05) is 24.3 Å². The molecule has 0 radical (unpaired) electrons. The van der Waals surface area contributed by atoms with Gasteiger partial charge in [-0.25, -0.2) is 4.68 Å². The first-order chi connectivity index (χ1) is 13.6. The van der Waals surface area contributed by atoms with Crippen molar-refractivity contribution in [1.82, 2.24) is 9.78 Å². The van der Waals surface area contributed by atoms with Crippen LogP contribution < -0.4 is 14.8 Å². The minimum absolute atomic E-state index is 0.162. The number of anilines is 1. The van der Waals surface area contributed by atoms with Gasteiger partial charge < -0.3 is 14.8 Å². The highest BCUT2D eigenvalue weighted by molar-refractivity contribution is 9.10. The summed E-state index contributed by atoms with van der Waals surface area (Å²) in [4.78, 5) is 12.5. The number of hydrogen-bond donors (Lipinski definition) is 1. The summed E-state index contributed by atoms with van der Waals surface area (Å²) in [5.41, 5.74) is 1.84. The van der Waals surface area contributed by atoms with Gasteiger partial charge in [0, 0.05) is 10.5 Å². The van der Waals surface area contributed by atoms with E-state index in [0.29, 0.717) is 42.1 Å². The number of nitrogens with one attached hydrogen (secondary N) is 1. The molecule has 144 valence electrons. The van der Waals surface area contributed by atoms with Crippen LogP contribution in [0.25, 0.3) is 0 Å². The van der Waals surface area contributed by atoms with E-state index in [2.05, 4.69) is 26.3 Å². The van der Waals surface area contributed by atoms with Crippen molar-refractivity contribution in [3.8, 4) is 11.5 Å². The summed E-state index contributed by atoms with van der Waals surface area (Å²) in [5.74, 6) is 1.58. The van der Waals surface area contributed by atoms with Gasteiger partial charge in [0.25, 0.3) is 0 Å². The molecule has 0 fully saturated rings. The molecule has 3 aromatic rings. The maximum Gasteiger partial charge on any atom is 0.229 e. The van der Waals surface area contributed by atoms with E-state index in [-0.39, 0.29) is 12.3 Å². The van der Waals surface area contributed by atoms with E-state index in [1.54, 1.807) is 29.1 Å². The highest BCUT2D eigenvalue weighted by Crippen LogP contribution is 2.38. The molecule has 8 heteroatoms. The Labute approximate surface area is 175 Å². The third-order valence-corrected chi connectivity index (χ3v) is 5.06. The van der Waals surface area contributed by atoms with E-state index >= 15 is 0 Å². The Balaban J connectivity index is 1.44. The van der Waals surface area contributed by atoms with E-state index in [4.69, 9.17) is 21.1 Å². The van der Waals surface area contributed by atoms with Crippen molar-refractivity contribution in [1.29, 1.82) is 0 Å². The Hall–Kier alpha value is -2.51. The normalized spacial score (nSPS) is 12.6. The van der Waals surface area contributed by atoms with Crippen LogP contribution in [0.2, 0.25) is 5.02 Å². The zero-order valence-electron chi connectivity index (χ0n) is 14.8. The molecule has 0 atom stereocenters. The van der Waals surface area contributed by atoms with Crippen molar-refractivity contribution < 1.29 is 14.3 Å². The van der Waals surface area contributed by atoms with Gasteiger partial charge >= 0.3 is 0 Å². The van der Waals surface area contributed by atoms with Crippen molar-refractivity contribution in [2.24, 2.45) is 0 Å². The lowest BCUT2D eigenvalue weighted by Gasteiger charge is -2.20. The van der Waals surface area contributed by atoms with Gasteiger partial charge in [-0.2, -0.15) is 5.10 Å². The largest absolute Gasteiger partial charge is 0.486 e. The van der Waals surface area contributed by atoms with E-state index < -0.39 is 0 Å². The zero-order chi connectivity index (χ0) is 19.5. The molecule has 4 rings (SSSR count). The predicted molar refractivity (Wildman–Crippen MR) is 110 cm³/mol. The number of carbonyl (C=O) groups is 1. The molecule has 0 aliphatic carbocycles. The number of ether oxygens (including phenoxy) is 2. The van der Waals surface area contributed by atoms with Crippen LogP contribution in [0.4, 0.5) is 5.82 Å². The van der Waals surface area contributed by atoms with Crippen LogP contribution in [-0.2, 0) is 17.8 Å². The first-order valence-electron chi connectivity index (χ1n) is 8.72. The molecular formula is C20H17BrClN3O3. The van der Waals surface area contributed by atoms with Crippen LogP contribution in [0.3, 0.4) is 0 Å². The number of nitrogens with zero attached hydrogens (tertiary/aromatic N) is 2. The van der Waals surface area contributed by atoms with Crippen LogP contribution in [0.1, 0.15) is 11.1 Å². The summed E-state index contributed by atoms with van der Waals surface area (Å²) in [6, 6.07) is 13.3. The average Bonchev–Trinajstić information content (AvgIpc) is 3.10. The highest BCUT2D eigenvalue weighted by Gasteiger charge is 2.18. The maximum absolute atomic E-state index is 12.5. The molecule has 0 saturated carbocycles. The fraction of sp³-hybridized carbons (Fsp3) is 0.200. The number of carbonyl (C=O) groups excluding carboxylic acids is 1.